The zero-order valence-electron chi connectivity index (χ0n) is 6.45. The molecule has 1 aromatic carbocycles. The molecule has 0 heterocycles. The third-order valence-electron chi connectivity index (χ3n) is 1.40. The minimum Gasteiger partial charge on any atom is -0.297 e. The Hall–Kier alpha value is -1.39. The van der Waals surface area contributed by atoms with E-state index in [4.69, 9.17) is 5.21 Å². The molecule has 0 aliphatic carbocycles. The van der Waals surface area contributed by atoms with Crippen molar-refractivity contribution in [1.82, 2.24) is 11.0 Å². The Labute approximate surface area is 70.1 Å². The summed E-state index contributed by atoms with van der Waals surface area (Å²) in [6.07, 6.45) is 0.258. The van der Waals surface area contributed by atoms with E-state index in [2.05, 4.69) is 5.43 Å². The van der Waals surface area contributed by atoms with Crippen LogP contribution in [0.5, 0.6) is 0 Å². The minimum absolute atomic E-state index is 0.258. The molecule has 0 aliphatic heterocycles. The Kier molecular flexibility index (Phi) is 3.25. The van der Waals surface area contributed by atoms with Crippen molar-refractivity contribution in [3.05, 3.63) is 35.9 Å². The first kappa shape index (κ1) is 8.70. The summed E-state index contributed by atoms with van der Waals surface area (Å²) in [5, 5.41) is 8.13. The van der Waals surface area contributed by atoms with E-state index < -0.39 is 0 Å². The molecular weight excluding hydrogens is 156 g/mol. The molecule has 0 saturated heterocycles. The van der Waals surface area contributed by atoms with Crippen molar-refractivity contribution in [2.45, 2.75) is 6.42 Å². The first-order chi connectivity index (χ1) is 5.83. The molecule has 0 radical (unpaired) electrons. The Morgan fingerprint density at radius 1 is 1.33 bits per heavy atom. The molecule has 3 N–H and O–H groups in total. The monoisotopic (exact) mass is 166 g/mol. The highest BCUT2D eigenvalue weighted by atomic mass is 16.5. The van der Waals surface area contributed by atoms with Crippen LogP contribution < -0.4 is 11.0 Å². The van der Waals surface area contributed by atoms with Crippen molar-refractivity contribution >= 4 is 5.91 Å². The van der Waals surface area contributed by atoms with Crippen LogP contribution in [-0.2, 0) is 11.2 Å². The number of nitrogens with one attached hydrogen (secondary N) is 2. The lowest BCUT2D eigenvalue weighted by Gasteiger charge is -2.00. The summed E-state index contributed by atoms with van der Waals surface area (Å²) in [6.45, 7) is 0. The fraction of sp³-hybridized carbons (Fsp3) is 0.125. The van der Waals surface area contributed by atoms with Gasteiger partial charge in [-0.1, -0.05) is 30.3 Å². The largest absolute Gasteiger partial charge is 0.297 e. The summed E-state index contributed by atoms with van der Waals surface area (Å²) in [5.41, 5.74) is 4.56. The van der Waals surface area contributed by atoms with E-state index in [9.17, 15) is 4.79 Å². The van der Waals surface area contributed by atoms with Crippen LogP contribution in [-0.4, -0.2) is 11.1 Å². The van der Waals surface area contributed by atoms with Crippen LogP contribution in [0.25, 0.3) is 0 Å². The fourth-order valence-corrected chi connectivity index (χ4v) is 0.888. The lowest BCUT2D eigenvalue weighted by atomic mass is 10.1. The molecule has 0 aromatic heterocycles. The summed E-state index contributed by atoms with van der Waals surface area (Å²) < 4.78 is 0. The standard InChI is InChI=1S/C8H10N2O2/c11-8(9-10-12)6-7-4-2-1-3-5-7/h1-5,10,12H,6H2,(H,9,11). The maximum atomic E-state index is 10.9. The third-order valence-corrected chi connectivity index (χ3v) is 1.40. The zero-order chi connectivity index (χ0) is 8.81. The van der Waals surface area contributed by atoms with Crippen LogP contribution in [0.4, 0.5) is 0 Å². The van der Waals surface area contributed by atoms with Gasteiger partial charge in [0, 0.05) is 0 Å². The summed E-state index contributed by atoms with van der Waals surface area (Å²) >= 11 is 0. The molecule has 0 atom stereocenters. The van der Waals surface area contributed by atoms with Crippen molar-refractivity contribution < 1.29 is 10.0 Å². The molecular formula is C8H10N2O2. The van der Waals surface area contributed by atoms with Crippen LogP contribution in [0, 0.1) is 0 Å². The van der Waals surface area contributed by atoms with Crippen molar-refractivity contribution in [3.8, 4) is 0 Å². The lowest BCUT2D eigenvalue weighted by Crippen LogP contribution is -2.35. The molecule has 1 aromatic rings. The maximum Gasteiger partial charge on any atom is 0.240 e. The smallest absolute Gasteiger partial charge is 0.240 e. The topological polar surface area (TPSA) is 61.4 Å². The normalized spacial score (nSPS) is 9.42. The average Bonchev–Trinajstić information content (AvgIpc) is 2.06. The van der Waals surface area contributed by atoms with Gasteiger partial charge in [-0.15, -0.1) is 5.59 Å². The van der Waals surface area contributed by atoms with E-state index in [1.54, 1.807) is 5.59 Å². The lowest BCUT2D eigenvalue weighted by molar-refractivity contribution is -0.124. The van der Waals surface area contributed by atoms with Gasteiger partial charge in [0.2, 0.25) is 5.91 Å². The SMILES string of the molecule is O=C(Cc1ccccc1)NNO. The second-order valence-corrected chi connectivity index (χ2v) is 2.32. The average molecular weight is 166 g/mol. The van der Waals surface area contributed by atoms with Gasteiger partial charge in [0.1, 0.15) is 0 Å². The second kappa shape index (κ2) is 4.48. The number of hydrogen-bond acceptors (Lipinski definition) is 3. The molecule has 0 bridgehead atoms. The van der Waals surface area contributed by atoms with Crippen LogP contribution >= 0.6 is 0 Å². The van der Waals surface area contributed by atoms with Crippen LogP contribution in [0.15, 0.2) is 30.3 Å². The van der Waals surface area contributed by atoms with E-state index in [-0.39, 0.29) is 12.3 Å². The number of carbonyl (C=O) groups excluding carboxylic acids is 1. The van der Waals surface area contributed by atoms with Gasteiger partial charge in [0.25, 0.3) is 0 Å². The van der Waals surface area contributed by atoms with E-state index in [1.165, 1.54) is 0 Å². The highest BCUT2D eigenvalue weighted by Gasteiger charge is 1.99. The number of hydrazine groups is 1. The molecule has 0 aliphatic rings. The van der Waals surface area contributed by atoms with E-state index in [0.717, 1.165) is 5.56 Å². The van der Waals surface area contributed by atoms with Crippen molar-refractivity contribution in [3.63, 3.8) is 0 Å². The van der Waals surface area contributed by atoms with E-state index in [1.807, 2.05) is 30.3 Å². The third kappa shape index (κ3) is 2.69. The zero-order valence-corrected chi connectivity index (χ0v) is 6.45. The molecule has 12 heavy (non-hydrogen) atoms. The molecule has 0 unspecified atom stereocenters. The second-order valence-electron chi connectivity index (χ2n) is 2.32. The number of amides is 1. The van der Waals surface area contributed by atoms with Gasteiger partial charge in [0.15, 0.2) is 0 Å². The molecule has 0 spiro atoms. The predicted octanol–water partition coefficient (Wildman–Crippen LogP) is 0.239. The van der Waals surface area contributed by atoms with Gasteiger partial charge >= 0.3 is 0 Å². The summed E-state index contributed by atoms with van der Waals surface area (Å²) in [4.78, 5) is 10.9. The summed E-state index contributed by atoms with van der Waals surface area (Å²) in [6, 6.07) is 9.28. The van der Waals surface area contributed by atoms with Gasteiger partial charge in [-0.25, -0.2) is 0 Å². The minimum atomic E-state index is -0.274. The number of rotatable bonds is 3. The Balaban J connectivity index is 2.47. The van der Waals surface area contributed by atoms with Crippen LogP contribution in [0.1, 0.15) is 5.56 Å². The van der Waals surface area contributed by atoms with Gasteiger partial charge in [-0.3, -0.25) is 15.4 Å². The van der Waals surface area contributed by atoms with E-state index in [0.29, 0.717) is 0 Å². The highest BCUT2D eigenvalue weighted by molar-refractivity contribution is 5.77. The number of benzene rings is 1. The maximum absolute atomic E-state index is 10.9. The Morgan fingerprint density at radius 2 is 2.00 bits per heavy atom. The quantitative estimate of drug-likeness (QED) is 0.564. The van der Waals surface area contributed by atoms with Crippen molar-refractivity contribution in [2.75, 3.05) is 0 Å². The van der Waals surface area contributed by atoms with Crippen LogP contribution in [0.2, 0.25) is 0 Å². The molecule has 64 valence electrons. The number of carbonyl (C=O) groups is 1. The van der Waals surface area contributed by atoms with Crippen molar-refractivity contribution in [1.29, 1.82) is 0 Å². The van der Waals surface area contributed by atoms with E-state index >= 15 is 0 Å². The van der Waals surface area contributed by atoms with Gasteiger partial charge < -0.3 is 0 Å². The first-order valence-electron chi connectivity index (χ1n) is 3.55. The highest BCUT2D eigenvalue weighted by Crippen LogP contribution is 1.98. The molecule has 4 heteroatoms. The van der Waals surface area contributed by atoms with Gasteiger partial charge in [0.05, 0.1) is 6.42 Å². The van der Waals surface area contributed by atoms with Crippen molar-refractivity contribution in [2.24, 2.45) is 0 Å². The number of hydrogen-bond donors (Lipinski definition) is 3. The summed E-state index contributed by atoms with van der Waals surface area (Å²) in [5.74, 6) is -0.274. The molecule has 0 fully saturated rings. The first-order valence-corrected chi connectivity index (χ1v) is 3.55. The molecule has 1 amide bonds. The predicted molar refractivity (Wildman–Crippen MR) is 43.2 cm³/mol. The Bertz CT molecular complexity index is 248. The molecule has 1 rings (SSSR count). The molecule has 4 nitrogen and oxygen atoms in total. The van der Waals surface area contributed by atoms with Gasteiger partial charge in [-0.2, -0.15) is 0 Å². The molecule has 0 saturated carbocycles. The van der Waals surface area contributed by atoms with Crippen LogP contribution in [0.3, 0.4) is 0 Å². The summed E-state index contributed by atoms with van der Waals surface area (Å²) in [7, 11) is 0. The Morgan fingerprint density at radius 3 is 2.58 bits per heavy atom. The van der Waals surface area contributed by atoms with Gasteiger partial charge in [-0.05, 0) is 5.56 Å². The fourth-order valence-electron chi connectivity index (χ4n) is 0.888.